The lowest BCUT2D eigenvalue weighted by Gasteiger charge is -2.22. The van der Waals surface area contributed by atoms with E-state index in [4.69, 9.17) is 9.47 Å². The van der Waals surface area contributed by atoms with Gasteiger partial charge in [-0.2, -0.15) is 0 Å². The van der Waals surface area contributed by atoms with Gasteiger partial charge in [0.1, 0.15) is 5.75 Å². The monoisotopic (exact) mass is 345 g/mol. The smallest absolute Gasteiger partial charge is 0.191 e. The van der Waals surface area contributed by atoms with Crippen LogP contribution in [0.2, 0.25) is 0 Å². The molecule has 0 spiro atoms. The first-order valence-electron chi connectivity index (χ1n) is 9.48. The Morgan fingerprint density at radius 3 is 2.68 bits per heavy atom. The van der Waals surface area contributed by atoms with Crippen LogP contribution in [0.5, 0.6) is 5.75 Å². The normalized spacial score (nSPS) is 25.4. The molecule has 0 aromatic heterocycles. The van der Waals surface area contributed by atoms with Crippen LogP contribution in [-0.2, 0) is 11.2 Å². The Kier molecular flexibility index (Phi) is 6.19. The van der Waals surface area contributed by atoms with Gasteiger partial charge in [0.05, 0.1) is 24.9 Å². The fourth-order valence-corrected chi connectivity index (χ4v) is 3.50. The molecule has 5 heteroatoms. The van der Waals surface area contributed by atoms with E-state index in [0.29, 0.717) is 24.2 Å². The van der Waals surface area contributed by atoms with Gasteiger partial charge < -0.3 is 20.1 Å². The zero-order valence-corrected chi connectivity index (χ0v) is 15.6. The summed E-state index contributed by atoms with van der Waals surface area (Å²) >= 11 is 0. The third-order valence-corrected chi connectivity index (χ3v) is 4.86. The fraction of sp³-hybridized carbons (Fsp3) is 0.650. The van der Waals surface area contributed by atoms with E-state index in [2.05, 4.69) is 53.7 Å². The lowest BCUT2D eigenvalue weighted by atomic mass is 9.96. The molecule has 1 aromatic carbocycles. The maximum absolute atomic E-state index is 5.89. The molecule has 2 heterocycles. The van der Waals surface area contributed by atoms with Crippen LogP contribution in [0.25, 0.3) is 0 Å². The highest BCUT2D eigenvalue weighted by Gasteiger charge is 2.41. The van der Waals surface area contributed by atoms with Crippen molar-refractivity contribution >= 4 is 5.96 Å². The Hall–Kier alpha value is -1.75. The molecule has 2 N–H and O–H groups in total. The highest BCUT2D eigenvalue weighted by Crippen LogP contribution is 2.34. The molecule has 0 saturated carbocycles. The third-order valence-electron chi connectivity index (χ3n) is 4.86. The van der Waals surface area contributed by atoms with Gasteiger partial charge in [-0.15, -0.1) is 0 Å². The number of rotatable bonds is 7. The molecule has 5 nitrogen and oxygen atoms in total. The summed E-state index contributed by atoms with van der Waals surface area (Å²) < 4.78 is 11.6. The Balaban J connectivity index is 1.39. The number of aliphatic imine (C=N–C) groups is 1. The van der Waals surface area contributed by atoms with Gasteiger partial charge in [-0.05, 0) is 49.3 Å². The average molecular weight is 345 g/mol. The molecule has 0 aliphatic carbocycles. The van der Waals surface area contributed by atoms with Crippen molar-refractivity contribution in [3.05, 3.63) is 29.8 Å². The highest BCUT2D eigenvalue weighted by atomic mass is 16.5. The lowest BCUT2D eigenvalue weighted by Crippen LogP contribution is -2.47. The van der Waals surface area contributed by atoms with Crippen molar-refractivity contribution < 1.29 is 9.47 Å². The minimum absolute atomic E-state index is 0.363. The van der Waals surface area contributed by atoms with E-state index in [1.54, 1.807) is 0 Å². The van der Waals surface area contributed by atoms with Crippen LogP contribution in [0.3, 0.4) is 0 Å². The summed E-state index contributed by atoms with van der Waals surface area (Å²) in [6.07, 6.45) is 5.26. The first kappa shape index (κ1) is 18.1. The molecular formula is C20H31N3O2. The third kappa shape index (κ3) is 5.11. The van der Waals surface area contributed by atoms with E-state index >= 15 is 0 Å². The van der Waals surface area contributed by atoms with Crippen LogP contribution in [0.15, 0.2) is 29.3 Å². The number of nitrogens with zero attached hydrogens (tertiary/aromatic N) is 1. The van der Waals surface area contributed by atoms with Crippen molar-refractivity contribution in [1.29, 1.82) is 0 Å². The van der Waals surface area contributed by atoms with E-state index in [9.17, 15) is 0 Å². The van der Waals surface area contributed by atoms with Crippen LogP contribution < -0.4 is 15.4 Å². The van der Waals surface area contributed by atoms with Gasteiger partial charge in [-0.1, -0.05) is 26.0 Å². The van der Waals surface area contributed by atoms with Crippen LogP contribution in [-0.4, -0.2) is 44.4 Å². The van der Waals surface area contributed by atoms with E-state index in [0.717, 1.165) is 37.7 Å². The minimum atomic E-state index is 0.363. The molecule has 0 amide bonds. The predicted octanol–water partition coefficient (Wildman–Crippen LogP) is 2.75. The highest BCUT2D eigenvalue weighted by molar-refractivity contribution is 5.80. The number of guanidine groups is 1. The Bertz CT molecular complexity index is 571. The number of ether oxygens (including phenoxy) is 2. The van der Waals surface area contributed by atoms with Crippen molar-refractivity contribution in [3.8, 4) is 5.75 Å². The standard InChI is InChI=1S/C20H31N3O2/c1-14(2)13-24-16-6-4-15(5-7-16)10-11-22-20(21-3)23-18-12-17-8-9-19(18)25-17/h4-7,14,17-19H,8-13H2,1-3H3,(H2,21,22,23). The van der Waals surface area contributed by atoms with E-state index in [1.807, 2.05) is 7.05 Å². The first-order chi connectivity index (χ1) is 12.1. The van der Waals surface area contributed by atoms with Crippen molar-refractivity contribution in [3.63, 3.8) is 0 Å². The molecule has 2 aliphatic rings. The summed E-state index contributed by atoms with van der Waals surface area (Å²) in [5, 5.41) is 6.92. The topological polar surface area (TPSA) is 54.9 Å². The molecule has 3 atom stereocenters. The van der Waals surface area contributed by atoms with Crippen LogP contribution in [0, 0.1) is 5.92 Å². The van der Waals surface area contributed by atoms with Crippen molar-refractivity contribution in [2.75, 3.05) is 20.2 Å². The summed E-state index contributed by atoms with van der Waals surface area (Å²) in [5.41, 5.74) is 1.29. The van der Waals surface area contributed by atoms with Gasteiger partial charge in [0.2, 0.25) is 0 Å². The average Bonchev–Trinajstić information content (AvgIpc) is 3.23. The van der Waals surface area contributed by atoms with Gasteiger partial charge in [-0.25, -0.2) is 0 Å². The zero-order chi connectivity index (χ0) is 17.6. The zero-order valence-electron chi connectivity index (χ0n) is 15.6. The SMILES string of the molecule is CN=C(NCCc1ccc(OCC(C)C)cc1)NC1CC2CCC1O2. The van der Waals surface area contributed by atoms with Crippen molar-refractivity contribution in [1.82, 2.24) is 10.6 Å². The maximum Gasteiger partial charge on any atom is 0.191 e. The van der Waals surface area contributed by atoms with Crippen LogP contribution in [0.1, 0.15) is 38.7 Å². The largest absolute Gasteiger partial charge is 0.493 e. The molecule has 3 rings (SSSR count). The number of hydrogen-bond donors (Lipinski definition) is 2. The van der Waals surface area contributed by atoms with Gasteiger partial charge in [-0.3, -0.25) is 4.99 Å². The summed E-state index contributed by atoms with van der Waals surface area (Å²) in [4.78, 5) is 4.34. The van der Waals surface area contributed by atoms with E-state index in [1.165, 1.54) is 18.4 Å². The molecule has 25 heavy (non-hydrogen) atoms. The van der Waals surface area contributed by atoms with Gasteiger partial charge in [0.25, 0.3) is 0 Å². The van der Waals surface area contributed by atoms with Gasteiger partial charge in [0, 0.05) is 13.6 Å². The van der Waals surface area contributed by atoms with Gasteiger partial charge in [0.15, 0.2) is 5.96 Å². The molecular weight excluding hydrogens is 314 g/mol. The second kappa shape index (κ2) is 8.56. The Morgan fingerprint density at radius 2 is 2.08 bits per heavy atom. The molecule has 1 aromatic rings. The first-order valence-corrected chi connectivity index (χ1v) is 9.48. The number of benzene rings is 1. The van der Waals surface area contributed by atoms with Crippen LogP contribution in [0.4, 0.5) is 0 Å². The maximum atomic E-state index is 5.89. The Labute approximate surface area is 151 Å². The molecule has 2 fully saturated rings. The summed E-state index contributed by atoms with van der Waals surface area (Å²) in [6.45, 7) is 5.93. The second-order valence-electron chi connectivity index (χ2n) is 7.46. The van der Waals surface area contributed by atoms with Crippen LogP contribution >= 0.6 is 0 Å². The number of fused-ring (bicyclic) bond motifs is 2. The second-order valence-corrected chi connectivity index (χ2v) is 7.46. The summed E-state index contributed by atoms with van der Waals surface area (Å²) in [5.74, 6) is 2.36. The van der Waals surface area contributed by atoms with E-state index < -0.39 is 0 Å². The van der Waals surface area contributed by atoms with Gasteiger partial charge >= 0.3 is 0 Å². The molecule has 0 radical (unpaired) electrons. The fourth-order valence-electron chi connectivity index (χ4n) is 3.50. The predicted molar refractivity (Wildman–Crippen MR) is 101 cm³/mol. The molecule has 138 valence electrons. The summed E-state index contributed by atoms with van der Waals surface area (Å²) in [7, 11) is 1.82. The Morgan fingerprint density at radius 1 is 1.28 bits per heavy atom. The molecule has 3 unspecified atom stereocenters. The molecule has 2 bridgehead atoms. The minimum Gasteiger partial charge on any atom is -0.493 e. The van der Waals surface area contributed by atoms with E-state index in [-0.39, 0.29) is 0 Å². The number of nitrogens with one attached hydrogen (secondary N) is 2. The summed E-state index contributed by atoms with van der Waals surface area (Å²) in [6, 6.07) is 8.78. The van der Waals surface area contributed by atoms with Crippen molar-refractivity contribution in [2.45, 2.75) is 57.8 Å². The number of hydrogen-bond acceptors (Lipinski definition) is 3. The molecule has 2 aliphatic heterocycles. The quantitative estimate of drug-likeness (QED) is 0.589. The molecule has 2 saturated heterocycles. The van der Waals surface area contributed by atoms with Crippen molar-refractivity contribution in [2.24, 2.45) is 10.9 Å². The lowest BCUT2D eigenvalue weighted by molar-refractivity contribution is 0.0992.